The predicted octanol–water partition coefficient (Wildman–Crippen LogP) is 1.84. The Labute approximate surface area is 105 Å². The lowest BCUT2D eigenvalue weighted by atomic mass is 10.4. The molecule has 2 rings (SSSR count). The van der Waals surface area contributed by atoms with Crippen molar-refractivity contribution in [1.82, 2.24) is 14.1 Å². The summed E-state index contributed by atoms with van der Waals surface area (Å²) >= 11 is 3.18. The van der Waals surface area contributed by atoms with E-state index in [-0.39, 0.29) is 0 Å². The molecule has 1 aromatic rings. The van der Waals surface area contributed by atoms with Gasteiger partial charge in [-0.1, -0.05) is 13.3 Å². The van der Waals surface area contributed by atoms with Crippen LogP contribution >= 0.6 is 23.5 Å². The molecule has 16 heavy (non-hydrogen) atoms. The van der Waals surface area contributed by atoms with Crippen LogP contribution in [0.2, 0.25) is 0 Å². The molecule has 0 atom stereocenters. The zero-order valence-corrected chi connectivity index (χ0v) is 11.2. The Hall–Kier alpha value is -0.330. The van der Waals surface area contributed by atoms with E-state index in [9.17, 15) is 0 Å². The molecule has 0 aliphatic carbocycles. The molecule has 1 aromatic heterocycles. The molecular formula is C10H18N4S2. The van der Waals surface area contributed by atoms with E-state index in [4.69, 9.17) is 0 Å². The third-order valence-corrected chi connectivity index (χ3v) is 4.27. The van der Waals surface area contributed by atoms with E-state index >= 15 is 0 Å². The van der Waals surface area contributed by atoms with Crippen molar-refractivity contribution in [2.45, 2.75) is 24.8 Å². The van der Waals surface area contributed by atoms with Crippen LogP contribution in [0.3, 0.4) is 0 Å². The highest BCUT2D eigenvalue weighted by Crippen LogP contribution is 2.28. The highest BCUT2D eigenvalue weighted by atomic mass is 32.2. The highest BCUT2D eigenvalue weighted by molar-refractivity contribution is 7.99. The van der Waals surface area contributed by atoms with Crippen LogP contribution in [0.15, 0.2) is 5.03 Å². The van der Waals surface area contributed by atoms with Crippen molar-refractivity contribution in [3.05, 3.63) is 0 Å². The summed E-state index contributed by atoms with van der Waals surface area (Å²) in [4.78, 5) is 2.34. The Bertz CT molecular complexity index is 310. The van der Waals surface area contributed by atoms with Gasteiger partial charge in [0.15, 0.2) is 10.8 Å². The van der Waals surface area contributed by atoms with Crippen molar-refractivity contribution < 1.29 is 0 Å². The smallest absolute Gasteiger partial charge is 0.176 e. The topological polar surface area (TPSA) is 41.1 Å². The molecule has 1 saturated heterocycles. The zero-order valence-electron chi connectivity index (χ0n) is 9.61. The zero-order chi connectivity index (χ0) is 11.2. The molecule has 6 heteroatoms. The fourth-order valence-corrected chi connectivity index (χ4v) is 3.42. The average molecular weight is 258 g/mol. The molecule has 0 unspecified atom stereocenters. The molecule has 0 saturated carbocycles. The molecule has 0 radical (unpaired) electrons. The Balaban J connectivity index is 1.94. The van der Waals surface area contributed by atoms with Gasteiger partial charge < -0.3 is 10.2 Å². The Morgan fingerprint density at radius 3 is 2.94 bits per heavy atom. The first kappa shape index (κ1) is 12.1. The first-order chi connectivity index (χ1) is 7.92. The molecule has 1 N–H and O–H groups in total. The third kappa shape index (κ3) is 3.09. The standard InChI is InChI=1S/C10H18N4S2/c1-2-3-8-15-10-9(12-16-13-10)14-6-4-11-5-7-14/h11H,2-8H2,1H3. The van der Waals surface area contributed by atoms with Crippen LogP contribution in [-0.4, -0.2) is 40.7 Å². The van der Waals surface area contributed by atoms with Gasteiger partial charge in [-0.2, -0.15) is 8.75 Å². The van der Waals surface area contributed by atoms with Gasteiger partial charge >= 0.3 is 0 Å². The minimum absolute atomic E-state index is 1.05. The maximum Gasteiger partial charge on any atom is 0.176 e. The summed E-state index contributed by atoms with van der Waals surface area (Å²) < 4.78 is 8.82. The van der Waals surface area contributed by atoms with E-state index in [0.717, 1.165) is 42.8 Å². The molecular weight excluding hydrogens is 240 g/mol. The second-order valence-corrected chi connectivity index (χ2v) is 5.44. The molecule has 90 valence electrons. The lowest BCUT2D eigenvalue weighted by Crippen LogP contribution is -2.43. The van der Waals surface area contributed by atoms with Crippen LogP contribution in [0, 0.1) is 0 Å². The minimum atomic E-state index is 1.05. The number of aromatic nitrogens is 2. The van der Waals surface area contributed by atoms with Gasteiger partial charge in [-0.3, -0.25) is 0 Å². The van der Waals surface area contributed by atoms with Gasteiger partial charge in [0.05, 0.1) is 11.7 Å². The van der Waals surface area contributed by atoms with Crippen molar-refractivity contribution in [3.8, 4) is 0 Å². The number of nitrogens with one attached hydrogen (secondary N) is 1. The summed E-state index contributed by atoms with van der Waals surface area (Å²) in [5.41, 5.74) is 0. The number of anilines is 1. The third-order valence-electron chi connectivity index (χ3n) is 2.60. The summed E-state index contributed by atoms with van der Waals surface area (Å²) in [6.45, 7) is 6.42. The minimum Gasteiger partial charge on any atom is -0.351 e. The number of hydrogen-bond acceptors (Lipinski definition) is 6. The number of thioether (sulfide) groups is 1. The molecule has 0 bridgehead atoms. The average Bonchev–Trinajstić information content (AvgIpc) is 2.79. The largest absolute Gasteiger partial charge is 0.351 e. The van der Waals surface area contributed by atoms with Gasteiger partial charge in [0.25, 0.3) is 0 Å². The van der Waals surface area contributed by atoms with Crippen molar-refractivity contribution in [1.29, 1.82) is 0 Å². The van der Waals surface area contributed by atoms with Crippen molar-refractivity contribution >= 4 is 29.3 Å². The number of piperazine rings is 1. The summed E-state index contributed by atoms with van der Waals surface area (Å²) in [6.07, 6.45) is 2.50. The second kappa shape index (κ2) is 6.42. The predicted molar refractivity (Wildman–Crippen MR) is 70.6 cm³/mol. The van der Waals surface area contributed by atoms with Gasteiger partial charge in [0, 0.05) is 26.2 Å². The molecule has 0 aromatic carbocycles. The van der Waals surface area contributed by atoms with E-state index in [1.54, 1.807) is 0 Å². The molecule has 0 amide bonds. The fourth-order valence-electron chi connectivity index (χ4n) is 1.65. The molecule has 4 nitrogen and oxygen atoms in total. The highest BCUT2D eigenvalue weighted by Gasteiger charge is 2.17. The van der Waals surface area contributed by atoms with Gasteiger partial charge in [-0.05, 0) is 12.2 Å². The van der Waals surface area contributed by atoms with Gasteiger partial charge in [0.1, 0.15) is 0 Å². The maximum absolute atomic E-state index is 4.43. The Morgan fingerprint density at radius 2 is 2.19 bits per heavy atom. The SMILES string of the molecule is CCCCSc1nsnc1N1CCNCC1. The van der Waals surface area contributed by atoms with Gasteiger partial charge in [-0.15, -0.1) is 11.8 Å². The van der Waals surface area contributed by atoms with Crippen molar-refractivity contribution in [3.63, 3.8) is 0 Å². The van der Waals surface area contributed by atoms with Crippen LogP contribution < -0.4 is 10.2 Å². The molecule has 1 aliphatic rings. The first-order valence-electron chi connectivity index (χ1n) is 5.83. The maximum atomic E-state index is 4.43. The summed E-state index contributed by atoms with van der Waals surface area (Å²) in [5.74, 6) is 2.26. The van der Waals surface area contributed by atoms with E-state index in [0.29, 0.717) is 0 Å². The number of nitrogens with zero attached hydrogens (tertiary/aromatic N) is 3. The molecule has 1 aliphatic heterocycles. The van der Waals surface area contributed by atoms with Gasteiger partial charge in [0.2, 0.25) is 0 Å². The summed E-state index contributed by atoms with van der Waals surface area (Å²) in [6, 6.07) is 0. The van der Waals surface area contributed by atoms with Crippen molar-refractivity contribution in [2.75, 3.05) is 36.8 Å². The quantitative estimate of drug-likeness (QED) is 0.645. The Morgan fingerprint density at radius 1 is 1.38 bits per heavy atom. The summed E-state index contributed by atoms with van der Waals surface area (Å²) in [5, 5.41) is 4.48. The van der Waals surface area contributed by atoms with Crippen LogP contribution in [0.1, 0.15) is 19.8 Å². The lowest BCUT2D eigenvalue weighted by molar-refractivity contribution is 0.583. The normalized spacial score (nSPS) is 16.7. The number of rotatable bonds is 5. The first-order valence-corrected chi connectivity index (χ1v) is 7.54. The van der Waals surface area contributed by atoms with Gasteiger partial charge in [-0.25, -0.2) is 0 Å². The Kier molecular flexibility index (Phi) is 4.87. The lowest BCUT2D eigenvalue weighted by Gasteiger charge is -2.27. The van der Waals surface area contributed by atoms with Crippen LogP contribution in [0.5, 0.6) is 0 Å². The molecule has 2 heterocycles. The number of unbranched alkanes of at least 4 members (excludes halogenated alkanes) is 1. The summed E-state index contributed by atoms with van der Waals surface area (Å²) in [7, 11) is 0. The van der Waals surface area contributed by atoms with Crippen molar-refractivity contribution in [2.24, 2.45) is 0 Å². The van der Waals surface area contributed by atoms with E-state index < -0.39 is 0 Å². The second-order valence-electron chi connectivity index (χ2n) is 3.83. The molecule has 1 fully saturated rings. The van der Waals surface area contributed by atoms with Crippen LogP contribution in [-0.2, 0) is 0 Å². The van der Waals surface area contributed by atoms with E-state index in [2.05, 4.69) is 25.9 Å². The monoisotopic (exact) mass is 258 g/mol. The van der Waals surface area contributed by atoms with E-state index in [1.165, 1.54) is 24.6 Å². The number of hydrogen-bond donors (Lipinski definition) is 1. The fraction of sp³-hybridized carbons (Fsp3) is 0.800. The van der Waals surface area contributed by atoms with Crippen LogP contribution in [0.25, 0.3) is 0 Å². The van der Waals surface area contributed by atoms with E-state index in [1.807, 2.05) is 11.8 Å². The molecule has 0 spiro atoms. The van der Waals surface area contributed by atoms with Crippen LogP contribution in [0.4, 0.5) is 5.82 Å².